The number of carbonyl (C=O) groups is 2. The van der Waals surface area contributed by atoms with Crippen LogP contribution in [0.25, 0.3) is 0 Å². The second-order valence-corrected chi connectivity index (χ2v) is 6.84. The Labute approximate surface area is 163 Å². The number of nitrogens with one attached hydrogen (secondary N) is 2. The van der Waals surface area contributed by atoms with Crippen molar-refractivity contribution in [1.29, 1.82) is 0 Å². The maximum absolute atomic E-state index is 12.5. The average molecular weight is 375 g/mol. The standard InChI is InChI=1S/C21H21N5O2/c1-25-14-20(27)24-18-11-17(7-8-19(18)25)21(28)22-12-15-3-5-16(6-4-15)13-26-10-2-9-23-26/h2-11H,12-14H2,1H3,(H,22,28)(H,24,27). The van der Waals surface area contributed by atoms with Crippen LogP contribution in [0.5, 0.6) is 0 Å². The third-order valence-corrected chi connectivity index (χ3v) is 4.70. The van der Waals surface area contributed by atoms with Crippen LogP contribution in [0.1, 0.15) is 21.5 Å². The van der Waals surface area contributed by atoms with Gasteiger partial charge in [0.15, 0.2) is 0 Å². The number of nitrogens with zero attached hydrogens (tertiary/aromatic N) is 3. The van der Waals surface area contributed by atoms with E-state index in [4.69, 9.17) is 0 Å². The van der Waals surface area contributed by atoms with Gasteiger partial charge in [-0.25, -0.2) is 0 Å². The van der Waals surface area contributed by atoms with E-state index in [9.17, 15) is 9.59 Å². The summed E-state index contributed by atoms with van der Waals surface area (Å²) in [5, 5.41) is 9.94. The minimum atomic E-state index is -0.175. The zero-order valence-corrected chi connectivity index (χ0v) is 15.6. The molecular weight excluding hydrogens is 354 g/mol. The fraction of sp³-hybridized carbons (Fsp3) is 0.190. The molecule has 7 heteroatoms. The molecule has 142 valence electrons. The van der Waals surface area contributed by atoms with Crippen molar-refractivity contribution in [3.63, 3.8) is 0 Å². The summed E-state index contributed by atoms with van der Waals surface area (Å²) in [5.41, 5.74) is 4.25. The van der Waals surface area contributed by atoms with Gasteiger partial charge in [-0.3, -0.25) is 14.3 Å². The van der Waals surface area contributed by atoms with Crippen LogP contribution in [0.15, 0.2) is 60.9 Å². The van der Waals surface area contributed by atoms with Gasteiger partial charge in [-0.05, 0) is 35.4 Å². The van der Waals surface area contributed by atoms with E-state index >= 15 is 0 Å². The molecule has 0 radical (unpaired) electrons. The van der Waals surface area contributed by atoms with Crippen LogP contribution in [0.2, 0.25) is 0 Å². The summed E-state index contributed by atoms with van der Waals surface area (Å²) < 4.78 is 1.86. The first-order valence-electron chi connectivity index (χ1n) is 9.07. The van der Waals surface area contributed by atoms with Crippen molar-refractivity contribution >= 4 is 23.2 Å². The first-order valence-corrected chi connectivity index (χ1v) is 9.07. The number of likely N-dealkylation sites (N-methyl/N-ethyl adjacent to an activating group) is 1. The SMILES string of the molecule is CN1CC(=O)Nc2cc(C(=O)NCc3ccc(Cn4cccn4)cc3)ccc21. The largest absolute Gasteiger partial charge is 0.364 e. The fourth-order valence-electron chi connectivity index (χ4n) is 3.23. The predicted octanol–water partition coefficient (Wildman–Crippen LogP) is 2.25. The second-order valence-electron chi connectivity index (χ2n) is 6.84. The van der Waals surface area contributed by atoms with E-state index in [1.165, 1.54) is 0 Å². The van der Waals surface area contributed by atoms with Gasteiger partial charge in [0, 0.05) is 31.5 Å². The van der Waals surface area contributed by atoms with Crippen molar-refractivity contribution in [3.05, 3.63) is 77.6 Å². The molecule has 0 saturated heterocycles. The molecule has 2 heterocycles. The number of fused-ring (bicyclic) bond motifs is 1. The zero-order chi connectivity index (χ0) is 19.5. The monoisotopic (exact) mass is 375 g/mol. The van der Waals surface area contributed by atoms with E-state index in [-0.39, 0.29) is 11.8 Å². The van der Waals surface area contributed by atoms with E-state index in [0.717, 1.165) is 23.4 Å². The lowest BCUT2D eigenvalue weighted by Gasteiger charge is -2.27. The summed E-state index contributed by atoms with van der Waals surface area (Å²) >= 11 is 0. The minimum absolute atomic E-state index is 0.0808. The summed E-state index contributed by atoms with van der Waals surface area (Å²) in [7, 11) is 1.85. The van der Waals surface area contributed by atoms with E-state index in [1.807, 2.05) is 59.2 Å². The predicted molar refractivity (Wildman–Crippen MR) is 107 cm³/mol. The van der Waals surface area contributed by atoms with Crippen LogP contribution >= 0.6 is 0 Å². The molecule has 0 aliphatic carbocycles. The average Bonchev–Trinajstić information content (AvgIpc) is 3.19. The van der Waals surface area contributed by atoms with Gasteiger partial charge < -0.3 is 15.5 Å². The Balaban J connectivity index is 1.38. The second kappa shape index (κ2) is 7.56. The third-order valence-electron chi connectivity index (χ3n) is 4.70. The number of amides is 2. The molecule has 2 amide bonds. The number of hydrogen-bond donors (Lipinski definition) is 2. The quantitative estimate of drug-likeness (QED) is 0.717. The van der Waals surface area contributed by atoms with Crippen molar-refractivity contribution in [1.82, 2.24) is 15.1 Å². The summed E-state index contributed by atoms with van der Waals surface area (Å²) in [5.74, 6) is -0.256. The fourth-order valence-corrected chi connectivity index (χ4v) is 3.23. The van der Waals surface area contributed by atoms with Crippen molar-refractivity contribution in [3.8, 4) is 0 Å². The lowest BCUT2D eigenvalue weighted by atomic mass is 10.1. The van der Waals surface area contributed by atoms with Gasteiger partial charge in [0.25, 0.3) is 5.91 Å². The number of carbonyl (C=O) groups excluding carboxylic acids is 2. The summed E-state index contributed by atoms with van der Waals surface area (Å²) in [6, 6.07) is 15.3. The van der Waals surface area contributed by atoms with Crippen LogP contribution in [0, 0.1) is 0 Å². The number of rotatable bonds is 5. The Morgan fingerprint density at radius 3 is 2.71 bits per heavy atom. The Hall–Kier alpha value is -3.61. The van der Waals surface area contributed by atoms with Crippen molar-refractivity contribution < 1.29 is 9.59 Å². The summed E-state index contributed by atoms with van der Waals surface area (Å²) in [6.45, 7) is 1.47. The zero-order valence-electron chi connectivity index (χ0n) is 15.6. The molecule has 0 atom stereocenters. The Morgan fingerprint density at radius 1 is 1.18 bits per heavy atom. The van der Waals surface area contributed by atoms with Crippen LogP contribution in [-0.4, -0.2) is 35.2 Å². The van der Waals surface area contributed by atoms with Crippen molar-refractivity contribution in [2.24, 2.45) is 0 Å². The molecule has 1 aliphatic heterocycles. The molecule has 0 bridgehead atoms. The molecule has 0 spiro atoms. The molecule has 7 nitrogen and oxygen atoms in total. The van der Waals surface area contributed by atoms with Crippen molar-refractivity contribution in [2.45, 2.75) is 13.1 Å². The highest BCUT2D eigenvalue weighted by molar-refractivity contribution is 6.03. The lowest BCUT2D eigenvalue weighted by Crippen LogP contribution is -2.35. The van der Waals surface area contributed by atoms with Crippen LogP contribution < -0.4 is 15.5 Å². The minimum Gasteiger partial charge on any atom is -0.364 e. The Morgan fingerprint density at radius 2 is 1.96 bits per heavy atom. The first-order chi connectivity index (χ1) is 13.6. The summed E-state index contributed by atoms with van der Waals surface area (Å²) in [6.07, 6.45) is 3.68. The molecule has 2 aromatic carbocycles. The third kappa shape index (κ3) is 3.88. The molecule has 0 fully saturated rings. The molecule has 0 saturated carbocycles. The molecule has 0 unspecified atom stereocenters. The Kier molecular flexibility index (Phi) is 4.80. The van der Waals surface area contributed by atoms with E-state index < -0.39 is 0 Å². The topological polar surface area (TPSA) is 79.3 Å². The van der Waals surface area contributed by atoms with Crippen LogP contribution in [0.3, 0.4) is 0 Å². The van der Waals surface area contributed by atoms with Gasteiger partial charge in [0.1, 0.15) is 0 Å². The van der Waals surface area contributed by atoms with Gasteiger partial charge >= 0.3 is 0 Å². The van der Waals surface area contributed by atoms with Gasteiger partial charge in [-0.15, -0.1) is 0 Å². The highest BCUT2D eigenvalue weighted by Crippen LogP contribution is 2.29. The number of aromatic nitrogens is 2. The van der Waals surface area contributed by atoms with Crippen molar-refractivity contribution in [2.75, 3.05) is 23.8 Å². The molecule has 4 rings (SSSR count). The molecule has 1 aliphatic rings. The number of benzene rings is 2. The van der Waals surface area contributed by atoms with Crippen LogP contribution in [0.4, 0.5) is 11.4 Å². The highest BCUT2D eigenvalue weighted by atomic mass is 16.2. The molecular formula is C21H21N5O2. The Bertz CT molecular complexity index is 996. The summed E-state index contributed by atoms with van der Waals surface area (Å²) in [4.78, 5) is 26.1. The lowest BCUT2D eigenvalue weighted by molar-refractivity contribution is -0.115. The number of anilines is 2. The molecule has 2 N–H and O–H groups in total. The van der Waals surface area contributed by atoms with Gasteiger partial charge in [-0.1, -0.05) is 24.3 Å². The van der Waals surface area contributed by atoms with E-state index in [2.05, 4.69) is 15.7 Å². The van der Waals surface area contributed by atoms with Gasteiger partial charge in [-0.2, -0.15) is 5.10 Å². The van der Waals surface area contributed by atoms with E-state index in [0.29, 0.717) is 24.3 Å². The van der Waals surface area contributed by atoms with Crippen LogP contribution in [-0.2, 0) is 17.9 Å². The molecule has 1 aromatic heterocycles. The molecule has 3 aromatic rings. The van der Waals surface area contributed by atoms with Gasteiger partial charge in [0.05, 0.1) is 24.5 Å². The number of hydrogen-bond acceptors (Lipinski definition) is 4. The maximum atomic E-state index is 12.5. The highest BCUT2D eigenvalue weighted by Gasteiger charge is 2.20. The first kappa shape index (κ1) is 17.8. The van der Waals surface area contributed by atoms with Gasteiger partial charge in [0.2, 0.25) is 5.91 Å². The molecule has 28 heavy (non-hydrogen) atoms. The van der Waals surface area contributed by atoms with E-state index in [1.54, 1.807) is 18.3 Å². The normalized spacial score (nSPS) is 13.0. The maximum Gasteiger partial charge on any atom is 0.251 e. The smallest absolute Gasteiger partial charge is 0.251 e.